The minimum Gasteiger partial charge on any atom is -0.391 e. The molecule has 2 atom stereocenters. The second kappa shape index (κ2) is 2.33. The van der Waals surface area contributed by atoms with Crippen molar-refractivity contribution < 1.29 is 9.90 Å². The minimum atomic E-state index is -0.520. The van der Waals surface area contributed by atoms with Gasteiger partial charge in [0.25, 0.3) is 0 Å². The Morgan fingerprint density at radius 1 is 1.78 bits per heavy atom. The van der Waals surface area contributed by atoms with Gasteiger partial charge in [0.2, 0.25) is 5.91 Å². The molecule has 4 N–H and O–H groups in total. The zero-order valence-corrected chi connectivity index (χ0v) is 5.00. The first-order chi connectivity index (χ1) is 4.20. The van der Waals surface area contributed by atoms with Gasteiger partial charge < -0.3 is 16.2 Å². The summed E-state index contributed by atoms with van der Waals surface area (Å²) >= 11 is 0. The molecule has 0 aromatic rings. The van der Waals surface area contributed by atoms with Gasteiger partial charge in [0.05, 0.1) is 12.1 Å². The van der Waals surface area contributed by atoms with Crippen LogP contribution in [0.3, 0.4) is 0 Å². The second-order valence-electron chi connectivity index (χ2n) is 2.24. The van der Waals surface area contributed by atoms with Gasteiger partial charge in [-0.05, 0) is 6.42 Å². The molecule has 0 aromatic heterocycles. The summed E-state index contributed by atoms with van der Waals surface area (Å²) in [6, 6.07) is -0.520. The van der Waals surface area contributed by atoms with Crippen LogP contribution < -0.4 is 11.1 Å². The molecule has 0 radical (unpaired) electrons. The normalized spacial score (nSPS) is 36.0. The average molecular weight is 130 g/mol. The highest BCUT2D eigenvalue weighted by Crippen LogP contribution is 2.00. The van der Waals surface area contributed by atoms with E-state index in [-0.39, 0.29) is 5.91 Å². The zero-order valence-electron chi connectivity index (χ0n) is 5.00. The summed E-state index contributed by atoms with van der Waals surface area (Å²) in [6.07, 6.45) is -0.0797. The summed E-state index contributed by atoms with van der Waals surface area (Å²) in [4.78, 5) is 10.6. The Bertz CT molecular complexity index is 126. The van der Waals surface area contributed by atoms with Crippen molar-refractivity contribution in [1.29, 1.82) is 0 Å². The van der Waals surface area contributed by atoms with Gasteiger partial charge >= 0.3 is 0 Å². The first-order valence-corrected chi connectivity index (χ1v) is 2.91. The van der Waals surface area contributed by atoms with E-state index < -0.39 is 12.1 Å². The fourth-order valence-corrected chi connectivity index (χ4v) is 0.833. The fourth-order valence-electron chi connectivity index (χ4n) is 0.833. The number of nitrogens with two attached hydrogens (primary N) is 1. The molecule has 52 valence electrons. The van der Waals surface area contributed by atoms with E-state index in [0.29, 0.717) is 13.0 Å². The highest BCUT2D eigenvalue weighted by atomic mass is 16.3. The quantitative estimate of drug-likeness (QED) is 0.362. The number of β-amino-alcohol motifs (C(OH)–C–C–N with tert-alkyl or cyclic N) is 1. The molecule has 4 heteroatoms. The van der Waals surface area contributed by atoms with Crippen molar-refractivity contribution in [2.24, 2.45) is 5.73 Å². The third kappa shape index (κ3) is 1.40. The van der Waals surface area contributed by atoms with E-state index >= 15 is 0 Å². The molecule has 0 unspecified atom stereocenters. The van der Waals surface area contributed by atoms with Crippen molar-refractivity contribution in [2.45, 2.75) is 18.6 Å². The summed E-state index contributed by atoms with van der Waals surface area (Å²) in [6.45, 7) is 0.340. The number of hydrogen-bond acceptors (Lipinski definition) is 3. The lowest BCUT2D eigenvalue weighted by Gasteiger charge is -2.22. The van der Waals surface area contributed by atoms with Crippen LogP contribution in [0.1, 0.15) is 6.42 Å². The number of aliphatic hydroxyl groups excluding tert-OH is 1. The van der Waals surface area contributed by atoms with Crippen LogP contribution in [0.15, 0.2) is 0 Å². The maximum Gasteiger partial charge on any atom is 0.237 e. The van der Waals surface area contributed by atoms with Gasteiger partial charge in [0, 0.05) is 6.54 Å². The Morgan fingerprint density at radius 2 is 2.44 bits per heavy atom. The van der Waals surface area contributed by atoms with E-state index in [1.165, 1.54) is 0 Å². The largest absolute Gasteiger partial charge is 0.391 e. The number of rotatable bonds is 0. The molecular formula is C5H10N2O2. The number of piperidine rings is 1. The number of carbonyl (C=O) groups excluding carboxylic acids is 1. The van der Waals surface area contributed by atoms with Crippen molar-refractivity contribution in [1.82, 2.24) is 5.32 Å². The van der Waals surface area contributed by atoms with Crippen LogP contribution in [0, 0.1) is 0 Å². The molecule has 1 amide bonds. The number of aliphatic hydroxyl groups is 1. The minimum absolute atomic E-state index is 0.166. The Morgan fingerprint density at radius 3 is 2.89 bits per heavy atom. The van der Waals surface area contributed by atoms with E-state index in [9.17, 15) is 4.79 Å². The predicted molar refractivity (Wildman–Crippen MR) is 31.6 cm³/mol. The molecule has 1 aliphatic rings. The molecule has 1 saturated heterocycles. The summed E-state index contributed by atoms with van der Waals surface area (Å²) < 4.78 is 0. The highest BCUT2D eigenvalue weighted by molar-refractivity contribution is 5.82. The molecule has 1 rings (SSSR count). The van der Waals surface area contributed by atoms with Crippen LogP contribution in [0.4, 0.5) is 0 Å². The molecule has 0 aromatic carbocycles. The van der Waals surface area contributed by atoms with Crippen molar-refractivity contribution >= 4 is 5.91 Å². The second-order valence-corrected chi connectivity index (χ2v) is 2.24. The van der Waals surface area contributed by atoms with Crippen molar-refractivity contribution in [3.63, 3.8) is 0 Å². The van der Waals surface area contributed by atoms with E-state index in [4.69, 9.17) is 10.8 Å². The summed E-state index contributed by atoms with van der Waals surface area (Å²) in [5, 5.41) is 11.4. The average Bonchev–Trinajstić information content (AvgIpc) is 1.80. The van der Waals surface area contributed by atoms with Gasteiger partial charge in [-0.15, -0.1) is 0 Å². The maximum absolute atomic E-state index is 10.6. The lowest BCUT2D eigenvalue weighted by molar-refractivity contribution is -0.125. The molecule has 0 spiro atoms. The lowest BCUT2D eigenvalue weighted by atomic mass is 10.1. The smallest absolute Gasteiger partial charge is 0.237 e. The van der Waals surface area contributed by atoms with Gasteiger partial charge in [-0.25, -0.2) is 0 Å². The third-order valence-corrected chi connectivity index (χ3v) is 1.37. The Labute approximate surface area is 53.0 Å². The Hall–Kier alpha value is -0.610. The summed E-state index contributed by atoms with van der Waals surface area (Å²) in [7, 11) is 0. The fraction of sp³-hybridized carbons (Fsp3) is 0.800. The van der Waals surface area contributed by atoms with E-state index in [0.717, 1.165) is 0 Å². The van der Waals surface area contributed by atoms with Gasteiger partial charge in [-0.1, -0.05) is 0 Å². The molecule has 4 nitrogen and oxygen atoms in total. The standard InChI is InChI=1S/C5H10N2O2/c6-4-1-3(8)2-7-5(4)9/h3-4,8H,1-2,6H2,(H,7,9)/t3-,4-/m0/s1. The van der Waals surface area contributed by atoms with E-state index in [1.807, 2.05) is 0 Å². The van der Waals surface area contributed by atoms with Gasteiger partial charge in [0.1, 0.15) is 0 Å². The van der Waals surface area contributed by atoms with Gasteiger partial charge in [-0.3, -0.25) is 4.79 Å². The van der Waals surface area contributed by atoms with Crippen LogP contribution in [-0.4, -0.2) is 29.7 Å². The summed E-state index contributed by atoms with van der Waals surface area (Å²) in [5.41, 5.74) is 5.30. The number of amides is 1. The third-order valence-electron chi connectivity index (χ3n) is 1.37. The first-order valence-electron chi connectivity index (χ1n) is 2.91. The van der Waals surface area contributed by atoms with Crippen LogP contribution in [0.2, 0.25) is 0 Å². The molecule has 9 heavy (non-hydrogen) atoms. The molecule has 1 heterocycles. The first kappa shape index (κ1) is 6.51. The molecule has 1 fully saturated rings. The maximum atomic E-state index is 10.6. The summed E-state index contributed by atoms with van der Waals surface area (Å²) in [5.74, 6) is -0.166. The highest BCUT2D eigenvalue weighted by Gasteiger charge is 2.23. The number of carbonyl (C=O) groups is 1. The van der Waals surface area contributed by atoms with Crippen molar-refractivity contribution in [3.8, 4) is 0 Å². The van der Waals surface area contributed by atoms with Gasteiger partial charge in [-0.2, -0.15) is 0 Å². The topological polar surface area (TPSA) is 75.3 Å². The van der Waals surface area contributed by atoms with E-state index in [2.05, 4.69) is 5.32 Å². The van der Waals surface area contributed by atoms with Crippen molar-refractivity contribution in [3.05, 3.63) is 0 Å². The Balaban J connectivity index is 2.44. The molecular weight excluding hydrogens is 120 g/mol. The van der Waals surface area contributed by atoms with Crippen LogP contribution in [-0.2, 0) is 4.79 Å². The predicted octanol–water partition coefficient (Wildman–Crippen LogP) is -1.81. The lowest BCUT2D eigenvalue weighted by Crippen LogP contribution is -2.51. The van der Waals surface area contributed by atoms with Gasteiger partial charge in [0.15, 0.2) is 0 Å². The monoisotopic (exact) mass is 130 g/mol. The van der Waals surface area contributed by atoms with Crippen LogP contribution >= 0.6 is 0 Å². The number of nitrogens with one attached hydrogen (secondary N) is 1. The molecule has 0 saturated carbocycles. The SMILES string of the molecule is N[C@H]1C[C@H](O)CNC1=O. The van der Waals surface area contributed by atoms with Crippen LogP contribution in [0.5, 0.6) is 0 Å². The zero-order chi connectivity index (χ0) is 6.85. The molecule has 1 aliphatic heterocycles. The van der Waals surface area contributed by atoms with Crippen LogP contribution in [0.25, 0.3) is 0 Å². The molecule has 0 bridgehead atoms. The molecule has 0 aliphatic carbocycles. The number of hydrogen-bond donors (Lipinski definition) is 3. The van der Waals surface area contributed by atoms with Crippen molar-refractivity contribution in [2.75, 3.05) is 6.54 Å². The Kier molecular flexibility index (Phi) is 1.68. The van der Waals surface area contributed by atoms with E-state index in [1.54, 1.807) is 0 Å².